The van der Waals surface area contributed by atoms with Crippen molar-refractivity contribution in [3.63, 3.8) is 0 Å². The van der Waals surface area contributed by atoms with Crippen molar-refractivity contribution in [1.82, 2.24) is 4.90 Å². The smallest absolute Gasteiger partial charge is 0.0571 e. The number of anilines is 2. The minimum atomic E-state index is 0.747. The van der Waals surface area contributed by atoms with E-state index in [0.29, 0.717) is 0 Å². The molecule has 0 aliphatic carbocycles. The van der Waals surface area contributed by atoms with Crippen LogP contribution in [0.15, 0.2) is 37.1 Å². The fourth-order valence-electron chi connectivity index (χ4n) is 1.54. The van der Waals surface area contributed by atoms with E-state index >= 15 is 0 Å². The van der Waals surface area contributed by atoms with Crippen LogP contribution in [0.2, 0.25) is 0 Å². The van der Waals surface area contributed by atoms with Gasteiger partial charge in [0.25, 0.3) is 0 Å². The summed E-state index contributed by atoms with van der Waals surface area (Å²) < 4.78 is 0. The highest BCUT2D eigenvalue weighted by molar-refractivity contribution is 5.79. The normalized spacial score (nSPS) is 11.1. The molecule has 17 heavy (non-hydrogen) atoms. The number of allylic oxidation sites excluding steroid dienone is 2. The van der Waals surface area contributed by atoms with E-state index in [2.05, 4.69) is 29.9 Å². The number of hydrogen-bond acceptors (Lipinski definition) is 3. The van der Waals surface area contributed by atoms with Gasteiger partial charge in [-0.15, -0.1) is 0 Å². The van der Waals surface area contributed by atoms with Crippen molar-refractivity contribution in [1.29, 1.82) is 0 Å². The first-order chi connectivity index (χ1) is 8.12. The summed E-state index contributed by atoms with van der Waals surface area (Å²) in [7, 11) is 3.90. The molecule has 0 aliphatic rings. The molecule has 0 saturated heterocycles. The highest BCUT2D eigenvalue weighted by Crippen LogP contribution is 2.24. The van der Waals surface area contributed by atoms with Crippen LogP contribution in [0.25, 0.3) is 5.57 Å². The Morgan fingerprint density at radius 2 is 2.24 bits per heavy atom. The molecule has 0 saturated carbocycles. The molecule has 0 amide bonds. The predicted octanol–water partition coefficient (Wildman–Crippen LogP) is 2.79. The molecule has 3 N–H and O–H groups in total. The van der Waals surface area contributed by atoms with E-state index in [9.17, 15) is 0 Å². The third kappa shape index (κ3) is 3.28. The van der Waals surface area contributed by atoms with Crippen molar-refractivity contribution >= 4 is 16.9 Å². The Hall–Kier alpha value is -1.90. The zero-order chi connectivity index (χ0) is 12.8. The lowest BCUT2D eigenvalue weighted by atomic mass is 10.1. The second kappa shape index (κ2) is 5.99. The van der Waals surface area contributed by atoms with Gasteiger partial charge in [-0.25, -0.2) is 0 Å². The van der Waals surface area contributed by atoms with Crippen LogP contribution in [0, 0.1) is 0 Å². The molecule has 0 bridgehead atoms. The fraction of sp³-hybridized carbons (Fsp3) is 0.286. The number of nitrogens with one attached hydrogen (secondary N) is 1. The molecule has 1 rings (SSSR count). The monoisotopic (exact) mass is 231 g/mol. The number of nitrogens with zero attached hydrogens (tertiary/aromatic N) is 1. The molecule has 0 unspecified atom stereocenters. The van der Waals surface area contributed by atoms with Gasteiger partial charge in [0.15, 0.2) is 0 Å². The molecule has 0 spiro atoms. The molecule has 0 aliphatic heterocycles. The topological polar surface area (TPSA) is 41.3 Å². The summed E-state index contributed by atoms with van der Waals surface area (Å²) >= 11 is 0. The molecule has 1 aromatic rings. The Kier molecular flexibility index (Phi) is 4.64. The van der Waals surface area contributed by atoms with E-state index in [4.69, 9.17) is 5.73 Å². The quantitative estimate of drug-likeness (QED) is 0.605. The first-order valence-corrected chi connectivity index (χ1v) is 5.74. The Morgan fingerprint density at radius 3 is 2.71 bits per heavy atom. The van der Waals surface area contributed by atoms with Crippen LogP contribution in [0.1, 0.15) is 12.5 Å². The SMILES string of the molecule is C=C/C(=C\N(C)CC)c1ccc(NC)c(N)c1. The van der Waals surface area contributed by atoms with Crippen LogP contribution in [0.3, 0.4) is 0 Å². The van der Waals surface area contributed by atoms with E-state index in [1.807, 2.05) is 38.4 Å². The zero-order valence-corrected chi connectivity index (χ0v) is 10.8. The third-order valence-electron chi connectivity index (χ3n) is 2.73. The fourth-order valence-corrected chi connectivity index (χ4v) is 1.54. The van der Waals surface area contributed by atoms with Gasteiger partial charge < -0.3 is 16.0 Å². The number of hydrogen-bond donors (Lipinski definition) is 2. The molecule has 0 radical (unpaired) electrons. The van der Waals surface area contributed by atoms with Crippen molar-refractivity contribution < 1.29 is 0 Å². The lowest BCUT2D eigenvalue weighted by Crippen LogP contribution is -2.09. The van der Waals surface area contributed by atoms with Gasteiger partial charge in [0.2, 0.25) is 0 Å². The van der Waals surface area contributed by atoms with Gasteiger partial charge in [-0.1, -0.05) is 18.7 Å². The van der Waals surface area contributed by atoms with Gasteiger partial charge in [0.1, 0.15) is 0 Å². The average Bonchev–Trinajstić information content (AvgIpc) is 2.35. The maximum Gasteiger partial charge on any atom is 0.0571 e. The molecular weight excluding hydrogens is 210 g/mol. The number of nitrogen functional groups attached to an aromatic ring is 1. The van der Waals surface area contributed by atoms with Crippen LogP contribution in [0.4, 0.5) is 11.4 Å². The molecule has 0 heterocycles. The minimum Gasteiger partial charge on any atom is -0.397 e. The summed E-state index contributed by atoms with van der Waals surface area (Å²) in [6.07, 6.45) is 3.92. The standard InChI is InChI=1S/C14H21N3/c1-5-11(10-17(4)6-2)12-7-8-14(16-3)13(15)9-12/h5,7-10,16H,1,6,15H2,2-4H3/b11-10+. The van der Waals surface area contributed by atoms with E-state index < -0.39 is 0 Å². The van der Waals surface area contributed by atoms with Crippen molar-refractivity contribution in [2.24, 2.45) is 0 Å². The van der Waals surface area contributed by atoms with Crippen LogP contribution >= 0.6 is 0 Å². The highest BCUT2D eigenvalue weighted by atomic mass is 15.1. The summed E-state index contributed by atoms with van der Waals surface area (Å²) in [4.78, 5) is 2.11. The number of nitrogens with two attached hydrogens (primary N) is 1. The summed E-state index contributed by atoms with van der Waals surface area (Å²) in [5.74, 6) is 0. The molecular formula is C14H21N3. The van der Waals surface area contributed by atoms with Crippen molar-refractivity contribution in [3.05, 3.63) is 42.6 Å². The lowest BCUT2D eigenvalue weighted by molar-refractivity contribution is 0.486. The maximum atomic E-state index is 5.95. The molecule has 3 nitrogen and oxygen atoms in total. The average molecular weight is 231 g/mol. The minimum absolute atomic E-state index is 0.747. The highest BCUT2D eigenvalue weighted by Gasteiger charge is 2.02. The van der Waals surface area contributed by atoms with Crippen LogP contribution in [-0.2, 0) is 0 Å². The summed E-state index contributed by atoms with van der Waals surface area (Å²) in [5.41, 5.74) is 9.80. The molecule has 1 aromatic carbocycles. The number of benzene rings is 1. The Labute approximate surface area is 104 Å². The first kappa shape index (κ1) is 13.2. The predicted molar refractivity (Wildman–Crippen MR) is 76.9 cm³/mol. The summed E-state index contributed by atoms with van der Waals surface area (Å²) in [5, 5.41) is 3.05. The molecule has 0 atom stereocenters. The van der Waals surface area contributed by atoms with E-state index in [-0.39, 0.29) is 0 Å². The second-order valence-corrected chi connectivity index (χ2v) is 3.91. The van der Waals surface area contributed by atoms with Gasteiger partial charge in [-0.2, -0.15) is 0 Å². The lowest BCUT2D eigenvalue weighted by Gasteiger charge is -2.14. The first-order valence-electron chi connectivity index (χ1n) is 5.74. The van der Waals surface area contributed by atoms with Crippen LogP contribution in [0.5, 0.6) is 0 Å². The Balaban J connectivity index is 3.09. The van der Waals surface area contributed by atoms with Gasteiger partial charge in [-0.3, -0.25) is 0 Å². The Morgan fingerprint density at radius 1 is 1.53 bits per heavy atom. The van der Waals surface area contributed by atoms with Crippen molar-refractivity contribution in [2.75, 3.05) is 31.7 Å². The van der Waals surface area contributed by atoms with Crippen LogP contribution < -0.4 is 11.1 Å². The third-order valence-corrected chi connectivity index (χ3v) is 2.73. The largest absolute Gasteiger partial charge is 0.397 e. The Bertz CT molecular complexity index is 421. The van der Waals surface area contributed by atoms with E-state index in [1.54, 1.807) is 0 Å². The maximum absolute atomic E-state index is 5.95. The zero-order valence-electron chi connectivity index (χ0n) is 10.8. The second-order valence-electron chi connectivity index (χ2n) is 3.91. The molecule has 3 heteroatoms. The summed E-state index contributed by atoms with van der Waals surface area (Å²) in [6.45, 7) is 6.91. The molecule has 92 valence electrons. The molecule has 0 fully saturated rings. The van der Waals surface area contributed by atoms with Crippen molar-refractivity contribution in [2.45, 2.75) is 6.92 Å². The van der Waals surface area contributed by atoms with Gasteiger partial charge >= 0.3 is 0 Å². The van der Waals surface area contributed by atoms with Crippen LogP contribution in [-0.4, -0.2) is 25.5 Å². The summed E-state index contributed by atoms with van der Waals surface area (Å²) in [6, 6.07) is 5.98. The molecule has 0 aromatic heterocycles. The van der Waals surface area contributed by atoms with E-state index in [1.165, 1.54) is 0 Å². The van der Waals surface area contributed by atoms with Gasteiger partial charge in [0.05, 0.1) is 11.4 Å². The van der Waals surface area contributed by atoms with Gasteiger partial charge in [0, 0.05) is 26.8 Å². The van der Waals surface area contributed by atoms with Crippen molar-refractivity contribution in [3.8, 4) is 0 Å². The number of rotatable bonds is 5. The van der Waals surface area contributed by atoms with E-state index in [0.717, 1.165) is 29.1 Å². The van der Waals surface area contributed by atoms with Gasteiger partial charge in [-0.05, 0) is 30.2 Å².